The molecule has 0 saturated heterocycles. The smallest absolute Gasteiger partial charge is 0.0795 e. The molecule has 2 atom stereocenters. The van der Waals surface area contributed by atoms with Crippen LogP contribution in [0, 0.1) is 0 Å². The Morgan fingerprint density at radius 1 is 1.56 bits per heavy atom. The summed E-state index contributed by atoms with van der Waals surface area (Å²) in [5.41, 5.74) is 3.10. The van der Waals surface area contributed by atoms with Gasteiger partial charge in [0.1, 0.15) is 0 Å². The van der Waals surface area contributed by atoms with Gasteiger partial charge in [0.15, 0.2) is 0 Å². The quantitative estimate of drug-likeness (QED) is 0.875. The van der Waals surface area contributed by atoms with Crippen molar-refractivity contribution in [3.63, 3.8) is 0 Å². The largest absolute Gasteiger partial charge is 0.308 e. The molecule has 1 aromatic rings. The van der Waals surface area contributed by atoms with E-state index in [4.69, 9.17) is 0 Å². The molecule has 1 aliphatic rings. The van der Waals surface area contributed by atoms with Crippen molar-refractivity contribution in [3.8, 4) is 0 Å². The Labute approximate surface area is 106 Å². The van der Waals surface area contributed by atoms with Gasteiger partial charge in [0.25, 0.3) is 0 Å². The number of aromatic nitrogens is 1. The Balaban J connectivity index is 1.72. The zero-order chi connectivity index (χ0) is 11.2. The van der Waals surface area contributed by atoms with Gasteiger partial charge in [-0.2, -0.15) is 11.8 Å². The van der Waals surface area contributed by atoms with E-state index in [-0.39, 0.29) is 0 Å². The number of hydrogen-bond acceptors (Lipinski definition) is 4. The number of thiazole rings is 1. The fourth-order valence-electron chi connectivity index (χ4n) is 2.29. The van der Waals surface area contributed by atoms with Crippen LogP contribution in [-0.2, 0) is 6.54 Å². The van der Waals surface area contributed by atoms with Crippen molar-refractivity contribution < 1.29 is 0 Å². The van der Waals surface area contributed by atoms with Crippen LogP contribution in [0.5, 0.6) is 0 Å². The first kappa shape index (κ1) is 12.4. The molecule has 0 aromatic carbocycles. The molecule has 1 N–H and O–H groups in total. The number of nitrogens with one attached hydrogen (secondary N) is 1. The fourth-order valence-corrected chi connectivity index (χ4v) is 4.02. The first-order valence-electron chi connectivity index (χ1n) is 6.10. The molecule has 2 rings (SSSR count). The minimum Gasteiger partial charge on any atom is -0.308 e. The molecule has 1 aromatic heterocycles. The molecule has 0 radical (unpaired) electrons. The van der Waals surface area contributed by atoms with Crippen molar-refractivity contribution in [3.05, 3.63) is 16.6 Å². The van der Waals surface area contributed by atoms with Gasteiger partial charge in [-0.15, -0.1) is 11.3 Å². The van der Waals surface area contributed by atoms with Crippen LogP contribution >= 0.6 is 23.1 Å². The summed E-state index contributed by atoms with van der Waals surface area (Å²) in [4.78, 5) is 4.31. The average Bonchev–Trinajstić information content (AvgIpc) is 2.80. The highest BCUT2D eigenvalue weighted by Gasteiger charge is 2.21. The van der Waals surface area contributed by atoms with Gasteiger partial charge >= 0.3 is 0 Å². The third kappa shape index (κ3) is 3.75. The minimum absolute atomic E-state index is 0.708. The fraction of sp³-hybridized carbons (Fsp3) is 0.750. The van der Waals surface area contributed by atoms with Gasteiger partial charge in [-0.05, 0) is 25.0 Å². The topological polar surface area (TPSA) is 24.9 Å². The number of hydrogen-bond donors (Lipinski definition) is 1. The molecule has 0 bridgehead atoms. The summed E-state index contributed by atoms with van der Waals surface area (Å²) in [5.74, 6) is 1.25. The number of nitrogens with zero attached hydrogens (tertiary/aromatic N) is 1. The van der Waals surface area contributed by atoms with Crippen molar-refractivity contribution in [2.24, 2.45) is 0 Å². The van der Waals surface area contributed by atoms with E-state index in [9.17, 15) is 0 Å². The van der Waals surface area contributed by atoms with E-state index in [1.54, 1.807) is 11.3 Å². The molecule has 16 heavy (non-hydrogen) atoms. The van der Waals surface area contributed by atoms with Gasteiger partial charge < -0.3 is 5.32 Å². The molecule has 90 valence electrons. The molecular weight excluding hydrogens is 236 g/mol. The summed E-state index contributed by atoms with van der Waals surface area (Å²) in [7, 11) is 0. The summed E-state index contributed by atoms with van der Waals surface area (Å²) in [6, 6.07) is 0.708. The predicted octanol–water partition coefficient (Wildman–Crippen LogP) is 3.30. The second-order valence-electron chi connectivity index (χ2n) is 4.30. The lowest BCUT2D eigenvalue weighted by atomic mass is 9.95. The van der Waals surface area contributed by atoms with Gasteiger partial charge in [0.2, 0.25) is 0 Å². The molecule has 2 unspecified atom stereocenters. The molecule has 1 saturated carbocycles. The lowest BCUT2D eigenvalue weighted by molar-refractivity contribution is 0.378. The highest BCUT2D eigenvalue weighted by atomic mass is 32.2. The third-order valence-corrected chi connectivity index (χ3v) is 4.95. The van der Waals surface area contributed by atoms with E-state index in [1.807, 2.05) is 5.51 Å². The SMILES string of the molecule is CCSC1CCCC(NCc2cscn2)C1. The summed E-state index contributed by atoms with van der Waals surface area (Å²) >= 11 is 3.81. The Hall–Kier alpha value is -0.0600. The first-order chi connectivity index (χ1) is 7.88. The van der Waals surface area contributed by atoms with E-state index in [0.717, 1.165) is 11.8 Å². The van der Waals surface area contributed by atoms with Crippen LogP contribution < -0.4 is 5.32 Å². The Kier molecular flexibility index (Phi) is 5.13. The maximum Gasteiger partial charge on any atom is 0.0795 e. The Morgan fingerprint density at radius 2 is 2.50 bits per heavy atom. The standard InChI is InChI=1S/C12H20N2S2/c1-2-16-12-5-3-4-10(6-12)13-7-11-8-15-9-14-11/h8-10,12-13H,2-7H2,1H3. The molecule has 0 spiro atoms. The second-order valence-corrected chi connectivity index (χ2v) is 6.60. The van der Waals surface area contributed by atoms with E-state index < -0.39 is 0 Å². The van der Waals surface area contributed by atoms with Crippen LogP contribution in [0.4, 0.5) is 0 Å². The molecule has 0 aliphatic heterocycles. The summed E-state index contributed by atoms with van der Waals surface area (Å²) < 4.78 is 0. The van der Waals surface area contributed by atoms with Crippen molar-refractivity contribution in [1.29, 1.82) is 0 Å². The molecule has 4 heteroatoms. The maximum absolute atomic E-state index is 4.31. The highest BCUT2D eigenvalue weighted by Crippen LogP contribution is 2.28. The average molecular weight is 256 g/mol. The van der Waals surface area contributed by atoms with Gasteiger partial charge in [-0.3, -0.25) is 0 Å². The van der Waals surface area contributed by atoms with E-state index in [1.165, 1.54) is 37.1 Å². The normalized spacial score (nSPS) is 25.8. The molecule has 1 heterocycles. The van der Waals surface area contributed by atoms with Crippen LogP contribution in [0.15, 0.2) is 10.9 Å². The van der Waals surface area contributed by atoms with Crippen LogP contribution in [0.2, 0.25) is 0 Å². The van der Waals surface area contributed by atoms with E-state index in [2.05, 4.69) is 34.4 Å². The molecule has 2 nitrogen and oxygen atoms in total. The lowest BCUT2D eigenvalue weighted by Crippen LogP contribution is -2.34. The van der Waals surface area contributed by atoms with Crippen LogP contribution in [0.3, 0.4) is 0 Å². The highest BCUT2D eigenvalue weighted by molar-refractivity contribution is 7.99. The van der Waals surface area contributed by atoms with Crippen molar-refractivity contribution in [2.75, 3.05) is 5.75 Å². The van der Waals surface area contributed by atoms with Crippen LogP contribution in [-0.4, -0.2) is 22.0 Å². The van der Waals surface area contributed by atoms with E-state index in [0.29, 0.717) is 6.04 Å². The monoisotopic (exact) mass is 256 g/mol. The Bertz CT molecular complexity index is 285. The first-order valence-corrected chi connectivity index (χ1v) is 8.09. The van der Waals surface area contributed by atoms with Gasteiger partial charge in [0.05, 0.1) is 11.2 Å². The van der Waals surface area contributed by atoms with Crippen LogP contribution in [0.25, 0.3) is 0 Å². The third-order valence-electron chi connectivity index (χ3n) is 3.08. The predicted molar refractivity (Wildman–Crippen MR) is 73.1 cm³/mol. The Morgan fingerprint density at radius 3 is 3.25 bits per heavy atom. The zero-order valence-electron chi connectivity index (χ0n) is 9.82. The van der Waals surface area contributed by atoms with Crippen molar-refractivity contribution >= 4 is 23.1 Å². The summed E-state index contributed by atoms with van der Waals surface area (Å²) in [5, 5.41) is 6.66. The summed E-state index contributed by atoms with van der Waals surface area (Å²) in [6.07, 6.45) is 5.47. The maximum atomic E-state index is 4.31. The zero-order valence-corrected chi connectivity index (χ0v) is 11.4. The lowest BCUT2D eigenvalue weighted by Gasteiger charge is -2.29. The van der Waals surface area contributed by atoms with Crippen LogP contribution in [0.1, 0.15) is 38.3 Å². The van der Waals surface area contributed by atoms with E-state index >= 15 is 0 Å². The van der Waals surface area contributed by atoms with Crippen molar-refractivity contribution in [1.82, 2.24) is 10.3 Å². The molecule has 0 amide bonds. The molecule has 1 aliphatic carbocycles. The number of rotatable bonds is 5. The van der Waals surface area contributed by atoms with Gasteiger partial charge in [0, 0.05) is 23.2 Å². The van der Waals surface area contributed by atoms with Gasteiger partial charge in [-0.1, -0.05) is 13.3 Å². The van der Waals surface area contributed by atoms with Gasteiger partial charge in [-0.25, -0.2) is 4.98 Å². The molecule has 1 fully saturated rings. The molecular formula is C12H20N2S2. The minimum atomic E-state index is 0.708. The number of thioether (sulfide) groups is 1. The van der Waals surface area contributed by atoms with Crippen molar-refractivity contribution in [2.45, 2.75) is 50.4 Å². The summed E-state index contributed by atoms with van der Waals surface area (Å²) in [6.45, 7) is 3.20. The second kappa shape index (κ2) is 6.62.